The maximum absolute atomic E-state index is 12.7. The number of sulfone groups is 1. The summed E-state index contributed by atoms with van der Waals surface area (Å²) in [6.45, 7) is 2.01. The summed E-state index contributed by atoms with van der Waals surface area (Å²) in [6, 6.07) is 4.15. The minimum atomic E-state index is -4.39. The highest BCUT2D eigenvalue weighted by atomic mass is 35.5. The molecule has 0 fully saturated rings. The van der Waals surface area contributed by atoms with Crippen molar-refractivity contribution >= 4 is 28.2 Å². The van der Waals surface area contributed by atoms with Gasteiger partial charge in [0.05, 0.1) is 17.4 Å². The Bertz CT molecular complexity index is 696. The lowest BCUT2D eigenvalue weighted by atomic mass is 9.96. The number of carbonyl (C=O) groups is 1. The molecule has 2 unspecified atom stereocenters. The number of alkyl halides is 3. The number of nitrogens with one attached hydrogen (secondary N) is 1. The molecule has 2 atom stereocenters. The van der Waals surface area contributed by atoms with Gasteiger partial charge in [-0.3, -0.25) is 4.79 Å². The van der Waals surface area contributed by atoms with E-state index in [1.165, 1.54) is 6.07 Å². The number of nitrogens with two attached hydrogens (primary N) is 1. The summed E-state index contributed by atoms with van der Waals surface area (Å²) >= 11 is 0. The van der Waals surface area contributed by atoms with Crippen LogP contribution in [0.4, 0.5) is 13.2 Å². The largest absolute Gasteiger partial charge is 0.416 e. The highest BCUT2D eigenvalue weighted by Gasteiger charge is 2.30. The van der Waals surface area contributed by atoms with Gasteiger partial charge in [-0.15, -0.1) is 12.4 Å². The van der Waals surface area contributed by atoms with Gasteiger partial charge in [-0.1, -0.05) is 25.1 Å². The van der Waals surface area contributed by atoms with E-state index < -0.39 is 33.5 Å². The molecule has 0 heterocycles. The summed E-state index contributed by atoms with van der Waals surface area (Å²) in [6.07, 6.45) is -2.87. The van der Waals surface area contributed by atoms with E-state index in [1.54, 1.807) is 13.0 Å². The van der Waals surface area contributed by atoms with Crippen LogP contribution >= 0.6 is 12.4 Å². The standard InChI is InChI=1S/C16H23F3N2O3S.ClH/c1-11(12-4-3-5-13(10-12)16(17,18)19)6-8-21-15(22)14(20)7-9-25(2,23)24;/h3-5,10-11,14H,6-9,20H2,1-2H3,(H,21,22);1H. The fourth-order valence-corrected chi connectivity index (χ4v) is 2.89. The molecule has 1 rings (SSSR count). The number of rotatable bonds is 8. The van der Waals surface area contributed by atoms with Crippen molar-refractivity contribution in [3.05, 3.63) is 35.4 Å². The Morgan fingerprint density at radius 1 is 1.27 bits per heavy atom. The van der Waals surface area contributed by atoms with Gasteiger partial charge in [0.2, 0.25) is 5.91 Å². The Morgan fingerprint density at radius 2 is 1.88 bits per heavy atom. The molecule has 0 radical (unpaired) electrons. The topological polar surface area (TPSA) is 89.3 Å². The molecule has 5 nitrogen and oxygen atoms in total. The van der Waals surface area contributed by atoms with Crippen molar-refractivity contribution in [1.82, 2.24) is 5.32 Å². The predicted octanol–water partition coefficient (Wildman–Crippen LogP) is 2.50. The lowest BCUT2D eigenvalue weighted by molar-refractivity contribution is -0.137. The summed E-state index contributed by atoms with van der Waals surface area (Å²) in [5, 5.41) is 2.58. The molecule has 0 aliphatic rings. The first-order valence-corrected chi connectivity index (χ1v) is 9.84. The van der Waals surface area contributed by atoms with Gasteiger partial charge in [0.25, 0.3) is 0 Å². The Labute approximate surface area is 157 Å². The van der Waals surface area contributed by atoms with Crippen LogP contribution in [0.1, 0.15) is 36.8 Å². The molecule has 0 saturated carbocycles. The molecular formula is C16H24ClF3N2O3S. The molecule has 1 amide bonds. The quantitative estimate of drug-likeness (QED) is 0.681. The Balaban J connectivity index is 0.00000625. The number of hydrogen-bond donors (Lipinski definition) is 2. The number of amides is 1. The monoisotopic (exact) mass is 416 g/mol. The van der Waals surface area contributed by atoms with E-state index in [0.717, 1.165) is 18.4 Å². The lowest BCUT2D eigenvalue weighted by Crippen LogP contribution is -2.42. The van der Waals surface area contributed by atoms with Gasteiger partial charge in [0.15, 0.2) is 0 Å². The van der Waals surface area contributed by atoms with Crippen LogP contribution in [0, 0.1) is 0 Å². The Hall–Kier alpha value is -1.32. The Kier molecular flexibility index (Phi) is 9.61. The second-order valence-electron chi connectivity index (χ2n) is 6.13. The van der Waals surface area contributed by atoms with E-state index in [0.29, 0.717) is 12.0 Å². The predicted molar refractivity (Wildman–Crippen MR) is 97.0 cm³/mol. The fraction of sp³-hybridized carbons (Fsp3) is 0.562. The highest BCUT2D eigenvalue weighted by molar-refractivity contribution is 7.90. The van der Waals surface area contributed by atoms with Crippen molar-refractivity contribution in [1.29, 1.82) is 0 Å². The van der Waals surface area contributed by atoms with Crippen molar-refractivity contribution < 1.29 is 26.4 Å². The molecule has 0 saturated heterocycles. The summed E-state index contributed by atoms with van der Waals surface area (Å²) in [5.74, 6) is -0.836. The molecule has 0 bridgehead atoms. The third-order valence-electron chi connectivity index (χ3n) is 3.80. The third-order valence-corrected chi connectivity index (χ3v) is 4.77. The molecular weight excluding hydrogens is 393 g/mol. The van der Waals surface area contributed by atoms with Gasteiger partial charge in [0, 0.05) is 12.8 Å². The van der Waals surface area contributed by atoms with E-state index in [4.69, 9.17) is 5.73 Å². The fourth-order valence-electron chi connectivity index (χ4n) is 2.20. The highest BCUT2D eigenvalue weighted by Crippen LogP contribution is 2.31. The van der Waals surface area contributed by atoms with Crippen LogP contribution in [0.2, 0.25) is 0 Å². The zero-order valence-electron chi connectivity index (χ0n) is 14.5. The SMILES string of the molecule is CC(CCNC(=O)C(N)CCS(C)(=O)=O)c1cccc(C(F)(F)F)c1.Cl. The normalized spacial score (nSPS) is 14.2. The van der Waals surface area contributed by atoms with Gasteiger partial charge >= 0.3 is 6.18 Å². The number of hydrogen-bond acceptors (Lipinski definition) is 4. The van der Waals surface area contributed by atoms with Crippen molar-refractivity contribution in [2.24, 2.45) is 5.73 Å². The van der Waals surface area contributed by atoms with Crippen molar-refractivity contribution in [2.45, 2.75) is 37.9 Å². The van der Waals surface area contributed by atoms with Crippen molar-refractivity contribution in [3.63, 3.8) is 0 Å². The van der Waals surface area contributed by atoms with Gasteiger partial charge in [0.1, 0.15) is 9.84 Å². The van der Waals surface area contributed by atoms with E-state index >= 15 is 0 Å². The first-order valence-electron chi connectivity index (χ1n) is 7.78. The summed E-state index contributed by atoms with van der Waals surface area (Å²) in [7, 11) is -3.19. The summed E-state index contributed by atoms with van der Waals surface area (Å²) < 4.78 is 60.3. The molecule has 3 N–H and O–H groups in total. The molecule has 0 aliphatic carbocycles. The molecule has 150 valence electrons. The summed E-state index contributed by atoms with van der Waals surface area (Å²) in [5.41, 5.74) is 5.45. The first kappa shape index (κ1) is 24.7. The zero-order valence-corrected chi connectivity index (χ0v) is 16.2. The van der Waals surface area contributed by atoms with Crippen molar-refractivity contribution in [3.8, 4) is 0 Å². The van der Waals surface area contributed by atoms with Crippen LogP contribution in [-0.4, -0.2) is 38.9 Å². The molecule has 10 heteroatoms. The van der Waals surface area contributed by atoms with E-state index in [-0.39, 0.29) is 37.0 Å². The summed E-state index contributed by atoms with van der Waals surface area (Å²) in [4.78, 5) is 11.8. The maximum Gasteiger partial charge on any atom is 0.416 e. The third kappa shape index (κ3) is 8.86. The van der Waals surface area contributed by atoms with Gasteiger partial charge in [-0.25, -0.2) is 8.42 Å². The van der Waals surface area contributed by atoms with Gasteiger partial charge < -0.3 is 11.1 Å². The smallest absolute Gasteiger partial charge is 0.355 e. The first-order chi connectivity index (χ1) is 11.4. The van der Waals surface area contributed by atoms with Crippen molar-refractivity contribution in [2.75, 3.05) is 18.6 Å². The van der Waals surface area contributed by atoms with Gasteiger partial charge in [-0.2, -0.15) is 13.2 Å². The van der Waals surface area contributed by atoms with Crippen LogP contribution in [0.15, 0.2) is 24.3 Å². The second kappa shape index (κ2) is 10.1. The van der Waals surface area contributed by atoms with Crippen LogP contribution in [-0.2, 0) is 20.8 Å². The average molecular weight is 417 g/mol. The number of benzene rings is 1. The molecule has 0 aliphatic heterocycles. The number of halogens is 4. The second-order valence-corrected chi connectivity index (χ2v) is 8.39. The molecule has 26 heavy (non-hydrogen) atoms. The van der Waals surface area contributed by atoms with E-state index in [1.807, 2.05) is 0 Å². The van der Waals surface area contributed by atoms with E-state index in [9.17, 15) is 26.4 Å². The Morgan fingerprint density at radius 3 is 2.42 bits per heavy atom. The van der Waals surface area contributed by atoms with Crippen LogP contribution in [0.25, 0.3) is 0 Å². The lowest BCUT2D eigenvalue weighted by Gasteiger charge is -2.16. The number of carbonyl (C=O) groups excluding carboxylic acids is 1. The van der Waals surface area contributed by atoms with Crippen LogP contribution in [0.3, 0.4) is 0 Å². The minimum absolute atomic E-state index is 0. The average Bonchev–Trinajstić information content (AvgIpc) is 2.50. The molecule has 1 aromatic rings. The van der Waals surface area contributed by atoms with E-state index in [2.05, 4.69) is 5.32 Å². The minimum Gasteiger partial charge on any atom is -0.355 e. The van der Waals surface area contributed by atoms with Gasteiger partial charge in [-0.05, 0) is 30.4 Å². The zero-order chi connectivity index (χ0) is 19.3. The van der Waals surface area contributed by atoms with Crippen LogP contribution < -0.4 is 11.1 Å². The molecule has 0 aromatic heterocycles. The van der Waals surface area contributed by atoms with Crippen LogP contribution in [0.5, 0.6) is 0 Å². The molecule has 1 aromatic carbocycles. The maximum atomic E-state index is 12.7. The molecule has 0 spiro atoms.